The number of amides is 1. The van der Waals surface area contributed by atoms with Gasteiger partial charge in [0.05, 0.1) is 18.7 Å². The summed E-state index contributed by atoms with van der Waals surface area (Å²) in [6.07, 6.45) is 1.46. The van der Waals surface area contributed by atoms with Gasteiger partial charge in [-0.2, -0.15) is 5.26 Å². The normalized spacial score (nSPS) is 9.28. The van der Waals surface area contributed by atoms with Crippen molar-refractivity contribution in [3.05, 3.63) is 24.0 Å². The van der Waals surface area contributed by atoms with E-state index in [1.54, 1.807) is 0 Å². The minimum Gasteiger partial charge on any atom is -0.482 e. The molecule has 0 radical (unpaired) electrons. The summed E-state index contributed by atoms with van der Waals surface area (Å²) in [6.45, 7) is 0.0639. The van der Waals surface area contributed by atoms with E-state index in [1.807, 2.05) is 6.07 Å². The van der Waals surface area contributed by atoms with Gasteiger partial charge in [-0.3, -0.25) is 4.79 Å². The molecule has 0 saturated carbocycles. The van der Waals surface area contributed by atoms with Crippen LogP contribution in [0, 0.1) is 11.3 Å². The van der Waals surface area contributed by atoms with Gasteiger partial charge < -0.3 is 15.2 Å². The van der Waals surface area contributed by atoms with Crippen molar-refractivity contribution < 1.29 is 19.4 Å². The molecule has 0 aliphatic heterocycles. The molecule has 1 heterocycles. The van der Waals surface area contributed by atoms with Crippen LogP contribution in [0.2, 0.25) is 0 Å². The Morgan fingerprint density at radius 3 is 2.83 bits per heavy atom. The molecule has 7 heteroatoms. The van der Waals surface area contributed by atoms with Crippen molar-refractivity contribution >= 4 is 11.9 Å². The van der Waals surface area contributed by atoms with Crippen LogP contribution in [-0.4, -0.2) is 35.1 Å². The first-order valence-corrected chi connectivity index (χ1v) is 5.09. The maximum atomic E-state index is 11.2. The molecule has 0 atom stereocenters. The van der Waals surface area contributed by atoms with E-state index < -0.39 is 5.97 Å². The largest absolute Gasteiger partial charge is 0.482 e. The van der Waals surface area contributed by atoms with Gasteiger partial charge in [0.25, 0.3) is 5.91 Å². The molecule has 0 aliphatic carbocycles. The molecule has 1 aromatic rings. The predicted molar refractivity (Wildman–Crippen MR) is 59.9 cm³/mol. The summed E-state index contributed by atoms with van der Waals surface area (Å²) in [5.74, 6) is -1.18. The first-order chi connectivity index (χ1) is 8.63. The van der Waals surface area contributed by atoms with Crippen LogP contribution in [0.25, 0.3) is 0 Å². The number of nitrogens with zero attached hydrogens (tertiary/aromatic N) is 2. The zero-order chi connectivity index (χ0) is 13.4. The van der Waals surface area contributed by atoms with Crippen LogP contribution in [0.3, 0.4) is 0 Å². The first-order valence-electron chi connectivity index (χ1n) is 5.09. The number of carbonyl (C=O) groups excluding carboxylic acids is 1. The molecule has 0 bridgehead atoms. The maximum Gasteiger partial charge on any atom is 0.354 e. The van der Waals surface area contributed by atoms with Crippen LogP contribution in [-0.2, 0) is 4.79 Å². The van der Waals surface area contributed by atoms with Crippen molar-refractivity contribution in [2.45, 2.75) is 6.42 Å². The van der Waals surface area contributed by atoms with Crippen molar-refractivity contribution in [1.82, 2.24) is 10.3 Å². The summed E-state index contributed by atoms with van der Waals surface area (Å²) in [7, 11) is 0. The number of aromatic nitrogens is 1. The van der Waals surface area contributed by atoms with E-state index in [4.69, 9.17) is 15.1 Å². The lowest BCUT2D eigenvalue weighted by Crippen LogP contribution is -2.29. The molecule has 0 aromatic carbocycles. The Kier molecular flexibility index (Phi) is 5.12. The standard InChI is InChI=1S/C11H11N3O4/c12-4-1-5-13-10(15)7-18-8-2-3-9(11(16)17)14-6-8/h2-3,6H,1,5,7H2,(H,13,15)(H,16,17). The van der Waals surface area contributed by atoms with Crippen LogP contribution in [0.5, 0.6) is 5.75 Å². The van der Waals surface area contributed by atoms with Crippen molar-refractivity contribution in [2.24, 2.45) is 0 Å². The van der Waals surface area contributed by atoms with E-state index in [0.717, 1.165) is 0 Å². The predicted octanol–water partition coefficient (Wildman–Crippen LogP) is 0.188. The zero-order valence-corrected chi connectivity index (χ0v) is 9.42. The third-order valence-electron chi connectivity index (χ3n) is 1.88. The van der Waals surface area contributed by atoms with Crippen molar-refractivity contribution in [3.8, 4) is 11.8 Å². The fourth-order valence-electron chi connectivity index (χ4n) is 1.05. The number of nitriles is 1. The van der Waals surface area contributed by atoms with Crippen LogP contribution in [0.4, 0.5) is 0 Å². The molecule has 0 spiro atoms. The van der Waals surface area contributed by atoms with Gasteiger partial charge in [-0.25, -0.2) is 9.78 Å². The van der Waals surface area contributed by atoms with Gasteiger partial charge in [0, 0.05) is 6.54 Å². The Bertz CT molecular complexity index is 464. The molecule has 1 aromatic heterocycles. The highest BCUT2D eigenvalue weighted by atomic mass is 16.5. The first kappa shape index (κ1) is 13.4. The van der Waals surface area contributed by atoms with Crippen LogP contribution < -0.4 is 10.1 Å². The van der Waals surface area contributed by atoms with Gasteiger partial charge in [-0.1, -0.05) is 0 Å². The fourth-order valence-corrected chi connectivity index (χ4v) is 1.05. The number of rotatable bonds is 6. The van der Waals surface area contributed by atoms with E-state index >= 15 is 0 Å². The highest BCUT2D eigenvalue weighted by Gasteiger charge is 2.05. The molecule has 0 fully saturated rings. The number of hydrogen-bond acceptors (Lipinski definition) is 5. The summed E-state index contributed by atoms with van der Waals surface area (Å²) >= 11 is 0. The molecule has 18 heavy (non-hydrogen) atoms. The van der Waals surface area contributed by atoms with Crippen LogP contribution in [0.15, 0.2) is 18.3 Å². The second-order valence-corrected chi connectivity index (χ2v) is 3.23. The average Bonchev–Trinajstić information content (AvgIpc) is 2.37. The molecular formula is C11H11N3O4. The number of carboxylic acids is 1. The average molecular weight is 249 g/mol. The third-order valence-corrected chi connectivity index (χ3v) is 1.88. The number of ether oxygens (including phenoxy) is 1. The molecule has 94 valence electrons. The van der Waals surface area contributed by atoms with Gasteiger partial charge in [-0.05, 0) is 12.1 Å². The quantitative estimate of drug-likeness (QED) is 0.696. The molecule has 0 unspecified atom stereocenters. The van der Waals surface area contributed by atoms with E-state index in [0.29, 0.717) is 5.75 Å². The number of hydrogen-bond donors (Lipinski definition) is 2. The van der Waals surface area contributed by atoms with Crippen LogP contribution in [0.1, 0.15) is 16.9 Å². The van der Waals surface area contributed by atoms with Crippen LogP contribution >= 0.6 is 0 Å². The second-order valence-electron chi connectivity index (χ2n) is 3.23. The number of aromatic carboxylic acids is 1. The van der Waals surface area contributed by atoms with Gasteiger partial charge in [0.1, 0.15) is 11.4 Å². The smallest absolute Gasteiger partial charge is 0.354 e. The van der Waals surface area contributed by atoms with Gasteiger partial charge in [-0.15, -0.1) is 0 Å². The van der Waals surface area contributed by atoms with E-state index in [1.165, 1.54) is 18.3 Å². The Morgan fingerprint density at radius 2 is 2.28 bits per heavy atom. The Hall–Kier alpha value is -2.62. The Morgan fingerprint density at radius 1 is 1.50 bits per heavy atom. The van der Waals surface area contributed by atoms with E-state index in [-0.39, 0.29) is 31.2 Å². The fraction of sp³-hybridized carbons (Fsp3) is 0.273. The van der Waals surface area contributed by atoms with Crippen molar-refractivity contribution in [1.29, 1.82) is 5.26 Å². The number of nitrogens with one attached hydrogen (secondary N) is 1. The van der Waals surface area contributed by atoms with Gasteiger partial charge in [0.2, 0.25) is 0 Å². The Balaban J connectivity index is 2.37. The topological polar surface area (TPSA) is 112 Å². The lowest BCUT2D eigenvalue weighted by atomic mass is 10.3. The lowest BCUT2D eigenvalue weighted by molar-refractivity contribution is -0.123. The maximum absolute atomic E-state index is 11.2. The minimum atomic E-state index is -1.13. The summed E-state index contributed by atoms with van der Waals surface area (Å²) in [6, 6.07) is 4.59. The highest BCUT2D eigenvalue weighted by molar-refractivity contribution is 5.85. The SMILES string of the molecule is N#CCCNC(=O)COc1ccc(C(=O)O)nc1. The number of carbonyl (C=O) groups is 2. The molecule has 0 aliphatic rings. The third kappa shape index (κ3) is 4.49. The van der Waals surface area contributed by atoms with Crippen molar-refractivity contribution in [3.63, 3.8) is 0 Å². The van der Waals surface area contributed by atoms with E-state index in [2.05, 4.69) is 10.3 Å². The molecule has 1 amide bonds. The van der Waals surface area contributed by atoms with Crippen molar-refractivity contribution in [2.75, 3.05) is 13.2 Å². The summed E-state index contributed by atoms with van der Waals surface area (Å²) in [5, 5.41) is 19.4. The summed E-state index contributed by atoms with van der Waals surface area (Å²) < 4.78 is 5.08. The molecular weight excluding hydrogens is 238 g/mol. The lowest BCUT2D eigenvalue weighted by Gasteiger charge is -2.05. The Labute approximate surface area is 103 Å². The summed E-state index contributed by atoms with van der Waals surface area (Å²) in [4.78, 5) is 25.4. The molecule has 1 rings (SSSR count). The zero-order valence-electron chi connectivity index (χ0n) is 9.42. The highest BCUT2D eigenvalue weighted by Crippen LogP contribution is 2.08. The summed E-state index contributed by atoms with van der Waals surface area (Å²) in [5.41, 5.74) is -0.0965. The van der Waals surface area contributed by atoms with Gasteiger partial charge >= 0.3 is 5.97 Å². The molecule has 7 nitrogen and oxygen atoms in total. The number of pyridine rings is 1. The second kappa shape index (κ2) is 6.85. The number of carboxylic acid groups (broad SMARTS) is 1. The monoisotopic (exact) mass is 249 g/mol. The minimum absolute atomic E-state index is 0.0965. The van der Waals surface area contributed by atoms with E-state index in [9.17, 15) is 9.59 Å². The van der Waals surface area contributed by atoms with Gasteiger partial charge in [0.15, 0.2) is 6.61 Å². The molecule has 2 N–H and O–H groups in total. The molecule has 0 saturated heterocycles.